The molecule has 5 nitrogen and oxygen atoms in total. The number of nitrogens with one attached hydrogen (secondary N) is 1. The van der Waals surface area contributed by atoms with Gasteiger partial charge in [-0.2, -0.15) is 10.5 Å². The summed E-state index contributed by atoms with van der Waals surface area (Å²) in [5.41, 5.74) is 0.919. The van der Waals surface area contributed by atoms with Crippen LogP contribution in [0.25, 0.3) is 0 Å². The number of rotatable bonds is 4. The average molecular weight is 263 g/mol. The molecule has 0 aromatic heterocycles. The van der Waals surface area contributed by atoms with Crippen LogP contribution in [0.1, 0.15) is 24.5 Å². The van der Waals surface area contributed by atoms with Crippen LogP contribution < -0.4 is 4.72 Å². The van der Waals surface area contributed by atoms with Crippen LogP contribution in [0.3, 0.4) is 0 Å². The average Bonchev–Trinajstić information content (AvgIpc) is 2.27. The zero-order valence-corrected chi connectivity index (χ0v) is 11.0. The fraction of sp³-hybridized carbons (Fsp3) is 0.333. The van der Waals surface area contributed by atoms with Crippen LogP contribution >= 0.6 is 0 Å². The Hall–Kier alpha value is -1.89. The predicted octanol–water partition coefficient (Wildman–Crippen LogP) is 1.45. The van der Waals surface area contributed by atoms with E-state index in [2.05, 4.69) is 4.72 Å². The lowest BCUT2D eigenvalue weighted by atomic mass is 10.2. The fourth-order valence-electron chi connectivity index (χ4n) is 1.53. The van der Waals surface area contributed by atoms with Gasteiger partial charge in [-0.15, -0.1) is 0 Å². The van der Waals surface area contributed by atoms with Crippen LogP contribution in [0.2, 0.25) is 0 Å². The first-order chi connectivity index (χ1) is 8.40. The van der Waals surface area contributed by atoms with Crippen LogP contribution in [0.4, 0.5) is 0 Å². The molecule has 0 aliphatic rings. The van der Waals surface area contributed by atoms with Gasteiger partial charge in [-0.1, -0.05) is 0 Å². The molecule has 1 unspecified atom stereocenters. The third-order valence-corrected chi connectivity index (χ3v) is 4.10. The highest BCUT2D eigenvalue weighted by Crippen LogP contribution is 2.16. The van der Waals surface area contributed by atoms with E-state index < -0.39 is 16.1 Å². The van der Waals surface area contributed by atoms with Crippen molar-refractivity contribution in [3.8, 4) is 12.1 Å². The summed E-state index contributed by atoms with van der Waals surface area (Å²) in [5.74, 6) is 0. The van der Waals surface area contributed by atoms with Gasteiger partial charge in [0.05, 0.1) is 29.0 Å². The highest BCUT2D eigenvalue weighted by Gasteiger charge is 2.19. The molecule has 0 amide bonds. The zero-order chi connectivity index (χ0) is 13.8. The number of nitriles is 2. The Morgan fingerprint density at radius 1 is 1.39 bits per heavy atom. The Morgan fingerprint density at radius 3 is 2.56 bits per heavy atom. The van der Waals surface area contributed by atoms with Crippen molar-refractivity contribution in [2.75, 3.05) is 0 Å². The molecule has 0 saturated carbocycles. The maximum absolute atomic E-state index is 12.0. The Bertz CT molecular complexity index is 624. The van der Waals surface area contributed by atoms with Crippen molar-refractivity contribution in [1.29, 1.82) is 10.5 Å². The highest BCUT2D eigenvalue weighted by atomic mass is 32.2. The minimum atomic E-state index is -3.65. The van der Waals surface area contributed by atoms with Crippen molar-refractivity contribution in [3.05, 3.63) is 29.3 Å². The summed E-state index contributed by atoms with van der Waals surface area (Å²) < 4.78 is 26.5. The molecule has 1 N–H and O–H groups in total. The molecule has 0 heterocycles. The second-order valence-electron chi connectivity index (χ2n) is 3.98. The lowest BCUT2D eigenvalue weighted by molar-refractivity contribution is 0.562. The number of benzene rings is 1. The van der Waals surface area contributed by atoms with Gasteiger partial charge in [-0.05, 0) is 37.6 Å². The molecule has 1 aromatic rings. The van der Waals surface area contributed by atoms with Crippen molar-refractivity contribution in [2.24, 2.45) is 0 Å². The van der Waals surface area contributed by atoms with E-state index in [1.54, 1.807) is 13.8 Å². The molecule has 18 heavy (non-hydrogen) atoms. The van der Waals surface area contributed by atoms with Gasteiger partial charge in [0.25, 0.3) is 0 Å². The maximum atomic E-state index is 12.0. The third-order valence-electron chi connectivity index (χ3n) is 2.35. The van der Waals surface area contributed by atoms with Gasteiger partial charge >= 0.3 is 0 Å². The Balaban J connectivity index is 3.07. The van der Waals surface area contributed by atoms with E-state index in [4.69, 9.17) is 10.5 Å². The summed E-state index contributed by atoms with van der Waals surface area (Å²) in [7, 11) is -3.65. The van der Waals surface area contributed by atoms with Crippen molar-refractivity contribution in [1.82, 2.24) is 4.72 Å². The molecule has 1 aromatic carbocycles. The Morgan fingerprint density at radius 2 is 2.06 bits per heavy atom. The molecule has 6 heteroatoms. The van der Waals surface area contributed by atoms with Gasteiger partial charge < -0.3 is 0 Å². The second kappa shape index (κ2) is 5.63. The van der Waals surface area contributed by atoms with Crippen molar-refractivity contribution < 1.29 is 8.42 Å². The predicted molar refractivity (Wildman–Crippen MR) is 65.9 cm³/mol. The van der Waals surface area contributed by atoms with Gasteiger partial charge in [0.15, 0.2) is 0 Å². The summed E-state index contributed by atoms with van der Waals surface area (Å²) in [6, 6.07) is 7.77. The first-order valence-electron chi connectivity index (χ1n) is 5.30. The van der Waals surface area contributed by atoms with Crippen molar-refractivity contribution in [2.45, 2.75) is 31.2 Å². The molecule has 0 aliphatic heterocycles. The summed E-state index contributed by atoms with van der Waals surface area (Å²) >= 11 is 0. The lowest BCUT2D eigenvalue weighted by Crippen LogP contribution is -2.32. The van der Waals surface area contributed by atoms with Crippen LogP contribution in [0.5, 0.6) is 0 Å². The van der Waals surface area contributed by atoms with Crippen molar-refractivity contribution >= 4 is 10.0 Å². The number of hydrogen-bond acceptors (Lipinski definition) is 4. The van der Waals surface area contributed by atoms with Crippen LogP contribution in [0.15, 0.2) is 23.1 Å². The van der Waals surface area contributed by atoms with Crippen LogP contribution in [-0.2, 0) is 10.0 Å². The molecule has 94 valence electrons. The molecule has 1 rings (SSSR count). The normalized spacial score (nSPS) is 12.4. The highest BCUT2D eigenvalue weighted by molar-refractivity contribution is 7.89. The molecule has 1 atom stereocenters. The zero-order valence-electron chi connectivity index (χ0n) is 10.1. The van der Waals surface area contributed by atoms with Gasteiger partial charge in [0.1, 0.15) is 0 Å². The van der Waals surface area contributed by atoms with E-state index in [0.717, 1.165) is 0 Å². The van der Waals surface area contributed by atoms with Gasteiger partial charge in [-0.3, -0.25) is 0 Å². The Kier molecular flexibility index (Phi) is 4.43. The SMILES string of the molecule is Cc1cc(C#N)ccc1S(=O)(=O)NC(C)CC#N. The molecule has 0 spiro atoms. The summed E-state index contributed by atoms with van der Waals surface area (Å²) in [6.07, 6.45) is 0.106. The minimum absolute atomic E-state index is 0.106. The molecule has 0 bridgehead atoms. The molecular weight excluding hydrogens is 250 g/mol. The first-order valence-corrected chi connectivity index (χ1v) is 6.79. The molecular formula is C12H13N3O2S. The molecule has 0 aliphatic carbocycles. The monoisotopic (exact) mass is 263 g/mol. The van der Waals surface area contributed by atoms with E-state index in [1.807, 2.05) is 12.1 Å². The molecule has 0 saturated heterocycles. The fourth-order valence-corrected chi connectivity index (χ4v) is 3.00. The number of nitrogens with zero attached hydrogens (tertiary/aromatic N) is 2. The van der Waals surface area contributed by atoms with Crippen molar-refractivity contribution in [3.63, 3.8) is 0 Å². The second-order valence-corrected chi connectivity index (χ2v) is 5.66. The lowest BCUT2D eigenvalue weighted by Gasteiger charge is -2.12. The summed E-state index contributed by atoms with van der Waals surface area (Å²) in [6.45, 7) is 3.25. The van der Waals surface area contributed by atoms with Crippen LogP contribution in [0, 0.1) is 29.6 Å². The summed E-state index contributed by atoms with van der Waals surface area (Å²) in [4.78, 5) is 0.131. The van der Waals surface area contributed by atoms with Gasteiger partial charge in [-0.25, -0.2) is 13.1 Å². The number of sulfonamides is 1. The quantitative estimate of drug-likeness (QED) is 0.889. The smallest absolute Gasteiger partial charge is 0.207 e. The largest absolute Gasteiger partial charge is 0.241 e. The topological polar surface area (TPSA) is 93.8 Å². The number of aryl methyl sites for hydroxylation is 1. The molecule has 0 fully saturated rings. The minimum Gasteiger partial charge on any atom is -0.207 e. The maximum Gasteiger partial charge on any atom is 0.241 e. The first kappa shape index (κ1) is 14.2. The van der Waals surface area contributed by atoms with E-state index >= 15 is 0 Å². The van der Waals surface area contributed by atoms with E-state index in [0.29, 0.717) is 11.1 Å². The van der Waals surface area contributed by atoms with Gasteiger partial charge in [0.2, 0.25) is 10.0 Å². The Labute approximate surface area is 107 Å². The van der Waals surface area contributed by atoms with Crippen LogP contribution in [-0.4, -0.2) is 14.5 Å². The van der Waals surface area contributed by atoms with E-state index in [1.165, 1.54) is 18.2 Å². The van der Waals surface area contributed by atoms with E-state index in [9.17, 15) is 8.42 Å². The number of hydrogen-bond donors (Lipinski definition) is 1. The third kappa shape index (κ3) is 3.30. The molecule has 0 radical (unpaired) electrons. The van der Waals surface area contributed by atoms with Gasteiger partial charge in [0, 0.05) is 6.04 Å². The van der Waals surface area contributed by atoms with E-state index in [-0.39, 0.29) is 11.3 Å². The summed E-state index contributed by atoms with van der Waals surface area (Å²) in [5, 5.41) is 17.2. The standard InChI is InChI=1S/C12H13N3O2S/c1-9-7-11(8-14)3-4-12(9)18(16,17)15-10(2)5-6-13/h3-4,7,10,15H,5H2,1-2H3.